The molecule has 0 saturated carbocycles. The van der Waals surface area contributed by atoms with E-state index in [9.17, 15) is 9.59 Å². The number of carbonyl (C=O) groups excluding carboxylic acids is 2. The number of halogens is 1. The van der Waals surface area contributed by atoms with Gasteiger partial charge in [-0.2, -0.15) is 0 Å². The Morgan fingerprint density at radius 1 is 1.29 bits per heavy atom. The molecule has 1 fully saturated rings. The number of anilines is 1. The van der Waals surface area contributed by atoms with Crippen LogP contribution < -0.4 is 10.6 Å². The summed E-state index contributed by atoms with van der Waals surface area (Å²) in [5, 5.41) is 5.08. The van der Waals surface area contributed by atoms with Gasteiger partial charge in [-0.05, 0) is 17.7 Å². The van der Waals surface area contributed by atoms with E-state index in [1.807, 2.05) is 41.7 Å². The summed E-state index contributed by atoms with van der Waals surface area (Å²) in [6, 6.07) is 7.64. The Labute approximate surface area is 140 Å². The van der Waals surface area contributed by atoms with Crippen LogP contribution in [0.15, 0.2) is 35.3 Å². The van der Waals surface area contributed by atoms with Crippen molar-refractivity contribution in [2.75, 3.05) is 23.4 Å². The molecule has 2 rings (SSSR count). The fraction of sp³-hybridized carbons (Fsp3) is 0.286. The third-order valence-corrected chi connectivity index (χ3v) is 6.07. The minimum Gasteiger partial charge on any atom is -0.343 e. The van der Waals surface area contributed by atoms with Crippen molar-refractivity contribution < 1.29 is 9.59 Å². The molecule has 7 heteroatoms. The lowest BCUT2D eigenvalue weighted by Crippen LogP contribution is -2.35. The molecule has 4 nitrogen and oxygen atoms in total. The van der Waals surface area contributed by atoms with Gasteiger partial charge in [0.25, 0.3) is 0 Å². The Morgan fingerprint density at radius 2 is 2.00 bits per heavy atom. The number of amides is 2. The van der Waals surface area contributed by atoms with Gasteiger partial charge in [-0.1, -0.05) is 34.6 Å². The molecular weight excluding hydrogens is 372 g/mol. The lowest BCUT2D eigenvalue weighted by atomic mass is 10.2. The fourth-order valence-electron chi connectivity index (χ4n) is 1.76. The van der Waals surface area contributed by atoms with Crippen molar-refractivity contribution in [3.8, 4) is 0 Å². The zero-order valence-corrected chi connectivity index (χ0v) is 14.4. The topological polar surface area (TPSA) is 58.2 Å². The average molecular weight is 387 g/mol. The van der Waals surface area contributed by atoms with Gasteiger partial charge in [-0.3, -0.25) is 9.59 Å². The Balaban J connectivity index is 1.95. The van der Waals surface area contributed by atoms with Gasteiger partial charge in [0.15, 0.2) is 0 Å². The predicted octanol–water partition coefficient (Wildman–Crippen LogP) is 3.13. The highest BCUT2D eigenvalue weighted by atomic mass is 79.9. The molecule has 1 aromatic rings. The van der Waals surface area contributed by atoms with E-state index in [4.69, 9.17) is 0 Å². The third kappa shape index (κ3) is 5.09. The summed E-state index contributed by atoms with van der Waals surface area (Å²) in [5.41, 5.74) is 1.80. The molecule has 0 spiro atoms. The summed E-state index contributed by atoms with van der Waals surface area (Å²) in [6.07, 6.45) is 0. The molecular formula is C14H15BrN2O2S2. The largest absolute Gasteiger partial charge is 0.343 e. The maximum absolute atomic E-state index is 11.8. The van der Waals surface area contributed by atoms with Crippen molar-refractivity contribution in [1.29, 1.82) is 0 Å². The summed E-state index contributed by atoms with van der Waals surface area (Å²) in [7, 11) is 0. The first-order valence-corrected chi connectivity index (χ1v) is 9.21. The van der Waals surface area contributed by atoms with Crippen LogP contribution >= 0.6 is 39.5 Å². The van der Waals surface area contributed by atoms with Crippen LogP contribution in [0.25, 0.3) is 0 Å². The SMILES string of the molecule is C=C(Br)CNC(=O)C(=O)Nc1cccc(C2SCCS2)c1. The zero-order valence-electron chi connectivity index (χ0n) is 11.2. The number of carbonyl (C=O) groups is 2. The minimum atomic E-state index is -0.675. The molecule has 0 atom stereocenters. The number of thioether (sulfide) groups is 2. The molecule has 0 radical (unpaired) electrons. The minimum absolute atomic E-state index is 0.224. The third-order valence-electron chi connectivity index (χ3n) is 2.69. The smallest absolute Gasteiger partial charge is 0.313 e. The fourth-order valence-corrected chi connectivity index (χ4v) is 4.74. The molecule has 1 aliphatic heterocycles. The molecule has 0 unspecified atom stereocenters. The van der Waals surface area contributed by atoms with E-state index in [2.05, 4.69) is 33.1 Å². The monoisotopic (exact) mass is 386 g/mol. The van der Waals surface area contributed by atoms with Gasteiger partial charge in [0.05, 0.1) is 4.58 Å². The summed E-state index contributed by atoms with van der Waals surface area (Å²) in [4.78, 5) is 23.4. The van der Waals surface area contributed by atoms with Crippen LogP contribution in [0.5, 0.6) is 0 Å². The van der Waals surface area contributed by atoms with Crippen LogP contribution in [-0.4, -0.2) is 29.9 Å². The number of benzene rings is 1. The molecule has 2 N–H and O–H groups in total. The molecule has 0 bridgehead atoms. The highest BCUT2D eigenvalue weighted by molar-refractivity contribution is 9.11. The van der Waals surface area contributed by atoms with Crippen molar-refractivity contribution in [1.82, 2.24) is 5.32 Å². The summed E-state index contributed by atoms with van der Waals surface area (Å²) >= 11 is 6.91. The first-order chi connectivity index (χ1) is 10.1. The molecule has 0 aromatic heterocycles. The maximum Gasteiger partial charge on any atom is 0.313 e. The average Bonchev–Trinajstić information content (AvgIpc) is 2.99. The summed E-state index contributed by atoms with van der Waals surface area (Å²) < 4.78 is 1.02. The van der Waals surface area contributed by atoms with E-state index in [0.29, 0.717) is 14.8 Å². The lowest BCUT2D eigenvalue weighted by Gasteiger charge is -2.11. The first-order valence-electron chi connectivity index (χ1n) is 6.32. The second-order valence-corrected chi connectivity index (χ2v) is 8.20. The molecule has 1 aromatic carbocycles. The second-order valence-electron chi connectivity index (χ2n) is 4.35. The molecule has 0 aliphatic carbocycles. The summed E-state index contributed by atoms with van der Waals surface area (Å²) in [6.45, 7) is 3.82. The molecule has 1 saturated heterocycles. The van der Waals surface area contributed by atoms with Gasteiger partial charge in [0.2, 0.25) is 0 Å². The summed E-state index contributed by atoms with van der Waals surface area (Å²) in [5.74, 6) is 0.938. The standard InChI is InChI=1S/C14H15BrN2O2S2/c1-9(15)8-16-12(18)13(19)17-11-4-2-3-10(7-11)14-20-5-6-21-14/h2-4,7,14H,1,5-6,8H2,(H,16,18)(H,17,19). The number of hydrogen-bond donors (Lipinski definition) is 2. The van der Waals surface area contributed by atoms with Gasteiger partial charge < -0.3 is 10.6 Å². The van der Waals surface area contributed by atoms with Gasteiger partial charge in [0.1, 0.15) is 0 Å². The first kappa shape index (κ1) is 16.5. The Hall–Kier alpha value is -0.920. The molecule has 1 heterocycles. The number of nitrogens with one attached hydrogen (secondary N) is 2. The van der Waals surface area contributed by atoms with Crippen molar-refractivity contribution in [2.45, 2.75) is 4.58 Å². The lowest BCUT2D eigenvalue weighted by molar-refractivity contribution is -0.136. The van der Waals surface area contributed by atoms with E-state index in [0.717, 1.165) is 17.1 Å². The van der Waals surface area contributed by atoms with Crippen molar-refractivity contribution >= 4 is 57.0 Å². The van der Waals surface area contributed by atoms with Crippen molar-refractivity contribution in [2.24, 2.45) is 0 Å². The highest BCUT2D eigenvalue weighted by Gasteiger charge is 2.19. The van der Waals surface area contributed by atoms with Crippen molar-refractivity contribution in [3.63, 3.8) is 0 Å². The van der Waals surface area contributed by atoms with E-state index in [1.54, 1.807) is 6.07 Å². The molecule has 112 valence electrons. The van der Waals surface area contributed by atoms with Gasteiger partial charge in [0, 0.05) is 28.2 Å². The van der Waals surface area contributed by atoms with E-state index in [1.165, 1.54) is 0 Å². The van der Waals surface area contributed by atoms with Crippen LogP contribution in [0.2, 0.25) is 0 Å². The van der Waals surface area contributed by atoms with Crippen LogP contribution in [-0.2, 0) is 9.59 Å². The van der Waals surface area contributed by atoms with Crippen molar-refractivity contribution in [3.05, 3.63) is 40.9 Å². The van der Waals surface area contributed by atoms with Crippen LogP contribution in [0.3, 0.4) is 0 Å². The normalized spacial score (nSPS) is 14.7. The number of hydrogen-bond acceptors (Lipinski definition) is 4. The quantitative estimate of drug-likeness (QED) is 0.780. The van der Waals surface area contributed by atoms with E-state index < -0.39 is 11.8 Å². The highest BCUT2D eigenvalue weighted by Crippen LogP contribution is 2.45. The Kier molecular flexibility index (Phi) is 6.20. The molecule has 21 heavy (non-hydrogen) atoms. The molecule has 2 amide bonds. The second kappa shape index (κ2) is 7.91. The van der Waals surface area contributed by atoms with Crippen LogP contribution in [0.1, 0.15) is 10.1 Å². The van der Waals surface area contributed by atoms with Crippen LogP contribution in [0, 0.1) is 0 Å². The van der Waals surface area contributed by atoms with E-state index in [-0.39, 0.29) is 6.54 Å². The predicted molar refractivity (Wildman–Crippen MR) is 93.8 cm³/mol. The number of rotatable bonds is 4. The maximum atomic E-state index is 11.8. The van der Waals surface area contributed by atoms with Crippen LogP contribution in [0.4, 0.5) is 5.69 Å². The van der Waals surface area contributed by atoms with Gasteiger partial charge in [-0.25, -0.2) is 0 Å². The molecule has 1 aliphatic rings. The Bertz CT molecular complexity index is 560. The van der Waals surface area contributed by atoms with Gasteiger partial charge in [-0.15, -0.1) is 23.5 Å². The van der Waals surface area contributed by atoms with Gasteiger partial charge >= 0.3 is 11.8 Å². The van der Waals surface area contributed by atoms with E-state index >= 15 is 0 Å². The Morgan fingerprint density at radius 3 is 2.67 bits per heavy atom. The zero-order chi connectivity index (χ0) is 15.2.